The van der Waals surface area contributed by atoms with Gasteiger partial charge in [0, 0.05) is 12.2 Å². The Morgan fingerprint density at radius 1 is 1.42 bits per heavy atom. The van der Waals surface area contributed by atoms with Crippen LogP contribution in [0.4, 0.5) is 0 Å². The van der Waals surface area contributed by atoms with Crippen molar-refractivity contribution in [2.75, 3.05) is 5.75 Å². The van der Waals surface area contributed by atoms with E-state index in [0.29, 0.717) is 17.5 Å². The van der Waals surface area contributed by atoms with Crippen LogP contribution in [0.1, 0.15) is 12.6 Å². The highest BCUT2D eigenvalue weighted by Crippen LogP contribution is 2.22. The molecule has 7 heteroatoms. The lowest BCUT2D eigenvalue weighted by Crippen LogP contribution is -2.04. The number of nitrogens with zero attached hydrogens (tertiary/aromatic N) is 4. The van der Waals surface area contributed by atoms with Crippen LogP contribution in [0.2, 0.25) is 0 Å². The minimum absolute atomic E-state index is 0.0284. The molecule has 0 saturated heterocycles. The molecule has 0 aromatic carbocycles. The van der Waals surface area contributed by atoms with E-state index in [4.69, 9.17) is 5.11 Å². The number of pyridine rings is 1. The summed E-state index contributed by atoms with van der Waals surface area (Å²) >= 11 is 1.16. The number of carboxylic acid groups (broad SMARTS) is 1. The summed E-state index contributed by atoms with van der Waals surface area (Å²) in [6.45, 7) is 4.55. The van der Waals surface area contributed by atoms with Gasteiger partial charge in [-0.2, -0.15) is 0 Å². The van der Waals surface area contributed by atoms with Crippen molar-refractivity contribution in [3.63, 3.8) is 0 Å². The number of aromatic nitrogens is 4. The van der Waals surface area contributed by atoms with Gasteiger partial charge in [0.25, 0.3) is 0 Å². The van der Waals surface area contributed by atoms with Gasteiger partial charge in [0.2, 0.25) is 0 Å². The molecule has 2 aromatic rings. The number of rotatable bonds is 5. The fourth-order valence-corrected chi connectivity index (χ4v) is 2.39. The van der Waals surface area contributed by atoms with Gasteiger partial charge in [-0.3, -0.25) is 4.79 Å². The van der Waals surface area contributed by atoms with Gasteiger partial charge in [-0.25, -0.2) is 4.98 Å². The van der Waals surface area contributed by atoms with Crippen LogP contribution in [0.3, 0.4) is 0 Å². The van der Waals surface area contributed by atoms with Gasteiger partial charge < -0.3 is 9.67 Å². The summed E-state index contributed by atoms with van der Waals surface area (Å²) in [5.74, 6) is -0.232. The molecule has 2 rings (SSSR count). The Hall–Kier alpha value is -1.89. The van der Waals surface area contributed by atoms with Gasteiger partial charge in [-0.05, 0) is 26.0 Å². The molecule has 0 unspecified atom stereocenters. The topological polar surface area (TPSA) is 80.9 Å². The van der Waals surface area contributed by atoms with Crippen LogP contribution in [0.15, 0.2) is 23.4 Å². The Labute approximate surface area is 114 Å². The molecule has 6 nitrogen and oxygen atoms in total. The zero-order chi connectivity index (χ0) is 13.8. The zero-order valence-electron chi connectivity index (χ0n) is 10.7. The summed E-state index contributed by atoms with van der Waals surface area (Å²) in [5.41, 5.74) is 1.65. The first-order chi connectivity index (χ1) is 9.11. The Balaban J connectivity index is 2.34. The highest BCUT2D eigenvalue weighted by molar-refractivity contribution is 7.99. The highest BCUT2D eigenvalue weighted by atomic mass is 32.2. The van der Waals surface area contributed by atoms with Crippen molar-refractivity contribution in [2.24, 2.45) is 0 Å². The van der Waals surface area contributed by atoms with Crippen LogP contribution >= 0.6 is 11.8 Å². The first kappa shape index (κ1) is 13.5. The molecule has 100 valence electrons. The van der Waals surface area contributed by atoms with E-state index in [-0.39, 0.29) is 5.75 Å². The number of hydrogen-bond acceptors (Lipinski definition) is 5. The van der Waals surface area contributed by atoms with Crippen LogP contribution in [-0.2, 0) is 11.3 Å². The molecule has 0 atom stereocenters. The summed E-state index contributed by atoms with van der Waals surface area (Å²) in [6, 6.07) is 5.70. The van der Waals surface area contributed by atoms with E-state index in [1.54, 1.807) is 0 Å². The third-order valence-corrected chi connectivity index (χ3v) is 3.43. The van der Waals surface area contributed by atoms with Gasteiger partial charge in [0.05, 0.1) is 5.75 Å². The van der Waals surface area contributed by atoms with Gasteiger partial charge in [0.15, 0.2) is 11.0 Å². The SMILES string of the molecule is CCn1c(SCC(=O)O)nnc1-c1cccc(C)n1. The molecule has 0 aliphatic rings. The number of hydrogen-bond donors (Lipinski definition) is 1. The predicted molar refractivity (Wildman–Crippen MR) is 72.0 cm³/mol. The van der Waals surface area contributed by atoms with Gasteiger partial charge in [-0.15, -0.1) is 10.2 Å². The second-order valence-corrected chi connectivity index (χ2v) is 4.84. The first-order valence-corrected chi connectivity index (χ1v) is 6.82. The number of carbonyl (C=O) groups is 1. The normalized spacial score (nSPS) is 10.6. The van der Waals surface area contributed by atoms with Crippen molar-refractivity contribution in [1.29, 1.82) is 0 Å². The average Bonchev–Trinajstić information content (AvgIpc) is 2.79. The Bertz CT molecular complexity index is 597. The Morgan fingerprint density at radius 2 is 2.21 bits per heavy atom. The number of aliphatic carboxylic acids is 1. The van der Waals surface area contributed by atoms with Crippen LogP contribution in [0.5, 0.6) is 0 Å². The van der Waals surface area contributed by atoms with Crippen molar-refractivity contribution in [3.05, 3.63) is 23.9 Å². The molecule has 1 N–H and O–H groups in total. The number of carboxylic acids is 1. The fraction of sp³-hybridized carbons (Fsp3) is 0.333. The van der Waals surface area contributed by atoms with Crippen LogP contribution in [-0.4, -0.2) is 36.6 Å². The van der Waals surface area contributed by atoms with E-state index in [2.05, 4.69) is 15.2 Å². The first-order valence-electron chi connectivity index (χ1n) is 5.83. The number of aryl methyl sites for hydroxylation is 1. The smallest absolute Gasteiger partial charge is 0.313 e. The van der Waals surface area contributed by atoms with Gasteiger partial charge >= 0.3 is 5.97 Å². The average molecular weight is 278 g/mol. The van der Waals surface area contributed by atoms with Crippen molar-refractivity contribution in [2.45, 2.75) is 25.5 Å². The monoisotopic (exact) mass is 278 g/mol. The van der Waals surface area contributed by atoms with Crippen molar-refractivity contribution in [1.82, 2.24) is 19.7 Å². The summed E-state index contributed by atoms with van der Waals surface area (Å²) < 4.78 is 1.87. The van der Waals surface area contributed by atoms with Gasteiger partial charge in [-0.1, -0.05) is 17.8 Å². The van der Waals surface area contributed by atoms with Crippen LogP contribution in [0.25, 0.3) is 11.5 Å². The van der Waals surface area contributed by atoms with Crippen molar-refractivity contribution >= 4 is 17.7 Å². The second-order valence-electron chi connectivity index (χ2n) is 3.90. The molecule has 0 saturated carbocycles. The molecule has 0 aliphatic carbocycles. The largest absolute Gasteiger partial charge is 0.481 e. The minimum atomic E-state index is -0.870. The molecule has 2 heterocycles. The Morgan fingerprint density at radius 3 is 2.84 bits per heavy atom. The molecule has 0 amide bonds. The van der Waals surface area contributed by atoms with Crippen molar-refractivity contribution in [3.8, 4) is 11.5 Å². The van der Waals surface area contributed by atoms with E-state index in [1.807, 2.05) is 36.6 Å². The zero-order valence-corrected chi connectivity index (χ0v) is 11.5. The molecule has 19 heavy (non-hydrogen) atoms. The summed E-state index contributed by atoms with van der Waals surface area (Å²) in [6.07, 6.45) is 0. The summed E-state index contributed by atoms with van der Waals surface area (Å²) in [7, 11) is 0. The lowest BCUT2D eigenvalue weighted by molar-refractivity contribution is -0.133. The van der Waals surface area contributed by atoms with Gasteiger partial charge in [0.1, 0.15) is 5.69 Å². The third kappa shape index (κ3) is 3.11. The van der Waals surface area contributed by atoms with E-state index in [9.17, 15) is 4.79 Å². The molecule has 0 spiro atoms. The second kappa shape index (κ2) is 5.83. The van der Waals surface area contributed by atoms with E-state index in [0.717, 1.165) is 23.1 Å². The maximum absolute atomic E-state index is 10.6. The lowest BCUT2D eigenvalue weighted by atomic mass is 10.3. The summed E-state index contributed by atoms with van der Waals surface area (Å²) in [4.78, 5) is 15.0. The van der Waals surface area contributed by atoms with Crippen LogP contribution in [0, 0.1) is 6.92 Å². The molecule has 0 bridgehead atoms. The molecular formula is C12H14N4O2S. The van der Waals surface area contributed by atoms with Crippen molar-refractivity contribution < 1.29 is 9.90 Å². The maximum atomic E-state index is 10.6. The third-order valence-electron chi connectivity index (χ3n) is 2.48. The Kier molecular flexibility index (Phi) is 4.16. The van der Waals surface area contributed by atoms with E-state index >= 15 is 0 Å². The highest BCUT2D eigenvalue weighted by Gasteiger charge is 2.15. The molecule has 2 aromatic heterocycles. The van der Waals surface area contributed by atoms with Crippen LogP contribution < -0.4 is 0 Å². The lowest BCUT2D eigenvalue weighted by Gasteiger charge is -2.06. The fourth-order valence-electron chi connectivity index (χ4n) is 1.66. The van der Waals surface area contributed by atoms with E-state index in [1.165, 1.54) is 0 Å². The number of thioether (sulfide) groups is 1. The summed E-state index contributed by atoms with van der Waals surface area (Å²) in [5, 5.41) is 17.5. The predicted octanol–water partition coefficient (Wildman–Crippen LogP) is 1.85. The van der Waals surface area contributed by atoms with E-state index < -0.39 is 5.97 Å². The molecule has 0 fully saturated rings. The minimum Gasteiger partial charge on any atom is -0.481 e. The maximum Gasteiger partial charge on any atom is 0.313 e. The molecule has 0 aliphatic heterocycles. The molecule has 0 radical (unpaired) electrons. The standard InChI is InChI=1S/C12H14N4O2S/c1-3-16-11(9-6-4-5-8(2)13-9)14-15-12(16)19-7-10(17)18/h4-6H,3,7H2,1-2H3,(H,17,18). The quantitative estimate of drug-likeness (QED) is 0.841. The molecular weight excluding hydrogens is 264 g/mol.